The molecule has 2 aromatic rings. The number of ether oxygens (including phenoxy) is 2. The van der Waals surface area contributed by atoms with Crippen molar-refractivity contribution in [2.24, 2.45) is 5.92 Å². The number of hydrogen-bond acceptors (Lipinski definition) is 6. The number of benzene rings is 1. The van der Waals surface area contributed by atoms with Gasteiger partial charge in [0, 0.05) is 6.54 Å². The summed E-state index contributed by atoms with van der Waals surface area (Å²) in [5.74, 6) is 0.641. The molecule has 0 aliphatic carbocycles. The molecule has 1 heterocycles. The Morgan fingerprint density at radius 1 is 1.22 bits per heavy atom. The quantitative estimate of drug-likeness (QED) is 0.714. The maximum Gasteiger partial charge on any atom is 0.339 e. The van der Waals surface area contributed by atoms with Gasteiger partial charge in [-0.2, -0.15) is 0 Å². The number of rotatable bonds is 8. The Morgan fingerprint density at radius 3 is 2.59 bits per heavy atom. The van der Waals surface area contributed by atoms with E-state index in [0.29, 0.717) is 29.5 Å². The highest BCUT2D eigenvalue weighted by Gasteiger charge is 2.19. The first-order valence-corrected chi connectivity index (χ1v) is 8.91. The molecule has 7 heteroatoms. The molecule has 0 aliphatic rings. The molecule has 0 saturated heterocycles. The van der Waals surface area contributed by atoms with Gasteiger partial charge in [0.15, 0.2) is 6.10 Å². The zero-order valence-electron chi connectivity index (χ0n) is 16.4. The van der Waals surface area contributed by atoms with Crippen LogP contribution in [0.4, 0.5) is 0 Å². The van der Waals surface area contributed by atoms with Crippen molar-refractivity contribution in [2.75, 3.05) is 6.54 Å². The van der Waals surface area contributed by atoms with Gasteiger partial charge in [-0.05, 0) is 44.9 Å². The molecule has 1 unspecified atom stereocenters. The van der Waals surface area contributed by atoms with Crippen molar-refractivity contribution in [3.05, 3.63) is 46.8 Å². The summed E-state index contributed by atoms with van der Waals surface area (Å²) in [5.41, 5.74) is 1.96. The first-order valence-electron chi connectivity index (χ1n) is 8.91. The largest absolute Gasteiger partial charge is 0.489 e. The fraction of sp³-hybridized carbons (Fsp3) is 0.450. The fourth-order valence-corrected chi connectivity index (χ4v) is 2.31. The maximum atomic E-state index is 12.3. The Labute approximate surface area is 159 Å². The third kappa shape index (κ3) is 5.84. The smallest absolute Gasteiger partial charge is 0.339 e. The van der Waals surface area contributed by atoms with Crippen molar-refractivity contribution < 1.29 is 23.6 Å². The Bertz CT molecular complexity index is 778. The predicted molar refractivity (Wildman–Crippen MR) is 99.5 cm³/mol. The molecule has 0 bridgehead atoms. The molecule has 1 N–H and O–H groups in total. The number of nitrogens with zero attached hydrogens (tertiary/aromatic N) is 1. The van der Waals surface area contributed by atoms with Gasteiger partial charge in [-0.1, -0.05) is 25.1 Å². The van der Waals surface area contributed by atoms with Crippen LogP contribution in [0.25, 0.3) is 0 Å². The minimum Gasteiger partial charge on any atom is -0.489 e. The normalized spacial score (nSPS) is 11.9. The van der Waals surface area contributed by atoms with E-state index in [-0.39, 0.29) is 12.5 Å². The SMILES string of the molecule is Cc1noc(C)c1COc1cccc(C(=O)OC(C)C(=O)NCC(C)C)c1. The van der Waals surface area contributed by atoms with Gasteiger partial charge in [0.05, 0.1) is 16.8 Å². The number of esters is 1. The minimum absolute atomic E-state index is 0.285. The molecule has 1 aromatic carbocycles. The molecule has 1 aromatic heterocycles. The summed E-state index contributed by atoms with van der Waals surface area (Å²) < 4.78 is 16.1. The van der Waals surface area contributed by atoms with Crippen LogP contribution in [-0.2, 0) is 16.1 Å². The molecule has 27 heavy (non-hydrogen) atoms. The van der Waals surface area contributed by atoms with Crippen LogP contribution in [-0.4, -0.2) is 29.7 Å². The second-order valence-corrected chi connectivity index (χ2v) is 6.81. The highest BCUT2D eigenvalue weighted by molar-refractivity contribution is 5.92. The van der Waals surface area contributed by atoms with Crippen LogP contribution in [0.5, 0.6) is 5.75 Å². The monoisotopic (exact) mass is 374 g/mol. The summed E-state index contributed by atoms with van der Waals surface area (Å²) in [6.07, 6.45) is -0.872. The van der Waals surface area contributed by atoms with E-state index in [0.717, 1.165) is 11.3 Å². The number of carbonyl (C=O) groups is 2. The van der Waals surface area contributed by atoms with Gasteiger partial charge in [-0.15, -0.1) is 0 Å². The summed E-state index contributed by atoms with van der Waals surface area (Å²) in [5, 5.41) is 6.62. The van der Waals surface area contributed by atoms with Crippen LogP contribution in [0, 0.1) is 19.8 Å². The molecule has 0 aliphatic heterocycles. The Balaban J connectivity index is 1.95. The third-order valence-corrected chi connectivity index (χ3v) is 3.97. The lowest BCUT2D eigenvalue weighted by molar-refractivity contribution is -0.129. The van der Waals surface area contributed by atoms with E-state index in [4.69, 9.17) is 14.0 Å². The summed E-state index contributed by atoms with van der Waals surface area (Å²) in [4.78, 5) is 24.3. The number of nitrogens with one attached hydrogen (secondary N) is 1. The zero-order valence-corrected chi connectivity index (χ0v) is 16.4. The maximum absolute atomic E-state index is 12.3. The van der Waals surface area contributed by atoms with Crippen LogP contribution >= 0.6 is 0 Å². The molecule has 0 spiro atoms. The Kier molecular flexibility index (Phi) is 6.98. The van der Waals surface area contributed by atoms with Crippen molar-refractivity contribution in [2.45, 2.75) is 47.3 Å². The van der Waals surface area contributed by atoms with Crippen molar-refractivity contribution in [1.82, 2.24) is 10.5 Å². The zero-order chi connectivity index (χ0) is 20.0. The summed E-state index contributed by atoms with van der Waals surface area (Å²) in [7, 11) is 0. The Hall–Kier alpha value is -2.83. The molecular formula is C20H26N2O5. The molecule has 1 amide bonds. The molecule has 7 nitrogen and oxygen atoms in total. The lowest BCUT2D eigenvalue weighted by Crippen LogP contribution is -2.37. The second kappa shape index (κ2) is 9.21. The summed E-state index contributed by atoms with van der Waals surface area (Å²) in [6, 6.07) is 6.64. The first-order chi connectivity index (χ1) is 12.8. The fourth-order valence-electron chi connectivity index (χ4n) is 2.31. The molecule has 0 fully saturated rings. The van der Waals surface area contributed by atoms with Crippen LogP contribution in [0.3, 0.4) is 0 Å². The van der Waals surface area contributed by atoms with E-state index in [2.05, 4.69) is 10.5 Å². The van der Waals surface area contributed by atoms with E-state index in [1.807, 2.05) is 27.7 Å². The molecule has 146 valence electrons. The van der Waals surface area contributed by atoms with Crippen molar-refractivity contribution in [3.8, 4) is 5.75 Å². The van der Waals surface area contributed by atoms with E-state index in [9.17, 15) is 9.59 Å². The van der Waals surface area contributed by atoms with Crippen LogP contribution < -0.4 is 10.1 Å². The van der Waals surface area contributed by atoms with Crippen molar-refractivity contribution in [3.63, 3.8) is 0 Å². The molecule has 2 rings (SSSR count). The Morgan fingerprint density at radius 2 is 1.96 bits per heavy atom. The van der Waals surface area contributed by atoms with Gasteiger partial charge < -0.3 is 19.3 Å². The highest BCUT2D eigenvalue weighted by atomic mass is 16.5. The van der Waals surface area contributed by atoms with Crippen LogP contribution in [0.2, 0.25) is 0 Å². The molecular weight excluding hydrogens is 348 g/mol. The van der Waals surface area contributed by atoms with E-state index in [1.54, 1.807) is 31.2 Å². The number of carbonyl (C=O) groups excluding carboxylic acids is 2. The number of aryl methyl sites for hydroxylation is 2. The van der Waals surface area contributed by atoms with Crippen molar-refractivity contribution >= 4 is 11.9 Å². The van der Waals surface area contributed by atoms with Gasteiger partial charge in [-0.25, -0.2) is 4.79 Å². The predicted octanol–water partition coefficient (Wildman–Crippen LogP) is 3.19. The average molecular weight is 374 g/mol. The van der Waals surface area contributed by atoms with Crippen LogP contribution in [0.15, 0.2) is 28.8 Å². The van der Waals surface area contributed by atoms with Gasteiger partial charge in [0.25, 0.3) is 5.91 Å². The number of aromatic nitrogens is 1. The van der Waals surface area contributed by atoms with E-state index >= 15 is 0 Å². The van der Waals surface area contributed by atoms with E-state index in [1.165, 1.54) is 0 Å². The van der Waals surface area contributed by atoms with E-state index < -0.39 is 12.1 Å². The first kappa shape index (κ1) is 20.5. The average Bonchev–Trinajstić information content (AvgIpc) is 2.95. The molecule has 0 radical (unpaired) electrons. The number of amides is 1. The van der Waals surface area contributed by atoms with Crippen LogP contribution in [0.1, 0.15) is 48.1 Å². The molecule has 0 saturated carbocycles. The third-order valence-electron chi connectivity index (χ3n) is 3.97. The molecule has 1 atom stereocenters. The minimum atomic E-state index is -0.872. The topological polar surface area (TPSA) is 90.7 Å². The lowest BCUT2D eigenvalue weighted by atomic mass is 10.2. The second-order valence-electron chi connectivity index (χ2n) is 6.81. The standard InChI is InChI=1S/C20H26N2O5/c1-12(2)10-21-19(23)15(5)26-20(24)16-7-6-8-17(9-16)25-11-18-13(3)22-27-14(18)4/h6-9,12,15H,10-11H2,1-5H3,(H,21,23). The van der Waals surface area contributed by atoms with Gasteiger partial charge in [-0.3, -0.25) is 4.79 Å². The summed E-state index contributed by atoms with van der Waals surface area (Å²) >= 11 is 0. The van der Waals surface area contributed by atoms with Gasteiger partial charge >= 0.3 is 5.97 Å². The highest BCUT2D eigenvalue weighted by Crippen LogP contribution is 2.19. The van der Waals surface area contributed by atoms with Gasteiger partial charge in [0.1, 0.15) is 18.1 Å². The number of hydrogen-bond donors (Lipinski definition) is 1. The van der Waals surface area contributed by atoms with Gasteiger partial charge in [0.2, 0.25) is 0 Å². The summed E-state index contributed by atoms with van der Waals surface area (Å²) in [6.45, 7) is 10.0. The lowest BCUT2D eigenvalue weighted by Gasteiger charge is -2.15. The van der Waals surface area contributed by atoms with Crippen molar-refractivity contribution in [1.29, 1.82) is 0 Å².